The van der Waals surface area contributed by atoms with Gasteiger partial charge in [0, 0.05) is 6.54 Å². The van der Waals surface area contributed by atoms with Crippen LogP contribution in [0.4, 0.5) is 11.6 Å². The van der Waals surface area contributed by atoms with Crippen LogP contribution in [0.1, 0.15) is 5.56 Å². The monoisotopic (exact) mass is 544 g/mol. The Morgan fingerprint density at radius 2 is 1.73 bits per heavy atom. The Morgan fingerprint density at radius 1 is 1.00 bits per heavy atom. The largest absolute Gasteiger partial charge is 0.493 e. The zero-order valence-corrected chi connectivity index (χ0v) is 22.2. The summed E-state index contributed by atoms with van der Waals surface area (Å²) in [6.07, 6.45) is 6.88. The SMILES string of the molecule is C=CC(=O)C(=O)C=CC(=Cc1ccc2c(c1)OCO2)CNc1ncnc(N)c1-c1cc(OC)c(OC)c(OC)c1. The predicted molar refractivity (Wildman–Crippen MR) is 150 cm³/mol. The van der Waals surface area contributed by atoms with Gasteiger partial charge in [0.2, 0.25) is 24.1 Å². The molecule has 40 heavy (non-hydrogen) atoms. The molecule has 2 heterocycles. The molecule has 0 spiro atoms. The lowest BCUT2D eigenvalue weighted by molar-refractivity contribution is -0.130. The summed E-state index contributed by atoms with van der Waals surface area (Å²) in [6.45, 7) is 3.71. The van der Waals surface area contributed by atoms with Gasteiger partial charge in [-0.25, -0.2) is 9.97 Å². The van der Waals surface area contributed by atoms with E-state index in [9.17, 15) is 9.59 Å². The van der Waals surface area contributed by atoms with Crippen molar-refractivity contribution < 1.29 is 33.3 Å². The van der Waals surface area contributed by atoms with Crippen LogP contribution in [0.25, 0.3) is 17.2 Å². The topological polar surface area (TPSA) is 144 Å². The molecule has 0 saturated carbocycles. The lowest BCUT2D eigenvalue weighted by Crippen LogP contribution is -2.10. The van der Waals surface area contributed by atoms with Gasteiger partial charge < -0.3 is 34.7 Å². The van der Waals surface area contributed by atoms with Gasteiger partial charge in [-0.2, -0.15) is 0 Å². The van der Waals surface area contributed by atoms with Gasteiger partial charge in [0.15, 0.2) is 23.0 Å². The van der Waals surface area contributed by atoms with Crippen LogP contribution in [0.15, 0.2) is 67.0 Å². The fraction of sp³-hybridized carbons (Fsp3) is 0.172. The van der Waals surface area contributed by atoms with Gasteiger partial charge in [-0.15, -0.1) is 0 Å². The maximum atomic E-state index is 12.2. The van der Waals surface area contributed by atoms with E-state index in [1.165, 1.54) is 33.7 Å². The number of nitrogens with two attached hydrogens (primary N) is 1. The molecule has 206 valence electrons. The number of aromatic nitrogens is 2. The summed E-state index contributed by atoms with van der Waals surface area (Å²) in [4.78, 5) is 32.4. The first-order valence-electron chi connectivity index (χ1n) is 12.0. The third-order valence-electron chi connectivity index (χ3n) is 5.92. The Morgan fingerprint density at radius 3 is 2.40 bits per heavy atom. The van der Waals surface area contributed by atoms with Gasteiger partial charge in [-0.05, 0) is 59.2 Å². The van der Waals surface area contributed by atoms with Crippen LogP contribution in [-0.4, -0.2) is 56.2 Å². The second-order valence-electron chi connectivity index (χ2n) is 8.35. The first kappa shape index (κ1) is 27.7. The summed E-state index contributed by atoms with van der Waals surface area (Å²) in [5, 5.41) is 3.26. The molecule has 0 radical (unpaired) electrons. The van der Waals surface area contributed by atoms with Crippen LogP contribution in [-0.2, 0) is 9.59 Å². The van der Waals surface area contributed by atoms with Crippen LogP contribution >= 0.6 is 0 Å². The minimum atomic E-state index is -0.708. The molecule has 11 nitrogen and oxygen atoms in total. The molecule has 1 aliphatic rings. The molecule has 0 aliphatic carbocycles. The fourth-order valence-electron chi connectivity index (χ4n) is 3.97. The van der Waals surface area contributed by atoms with E-state index < -0.39 is 11.6 Å². The van der Waals surface area contributed by atoms with E-state index in [1.807, 2.05) is 18.2 Å². The van der Waals surface area contributed by atoms with Crippen molar-refractivity contribution in [2.45, 2.75) is 0 Å². The quantitative estimate of drug-likeness (QED) is 0.195. The number of carbonyl (C=O) groups is 2. The number of nitrogens with zero attached hydrogens (tertiary/aromatic N) is 2. The molecular formula is C29H28N4O7. The van der Waals surface area contributed by atoms with Gasteiger partial charge in [0.05, 0.1) is 26.9 Å². The number of nitrogens with one attached hydrogen (secondary N) is 1. The van der Waals surface area contributed by atoms with Gasteiger partial charge >= 0.3 is 0 Å². The maximum Gasteiger partial charge on any atom is 0.231 e. The number of anilines is 2. The third kappa shape index (κ3) is 6.04. The molecule has 0 fully saturated rings. The van der Waals surface area contributed by atoms with Crippen molar-refractivity contribution >= 4 is 29.3 Å². The van der Waals surface area contributed by atoms with Crippen molar-refractivity contribution in [2.24, 2.45) is 0 Å². The van der Waals surface area contributed by atoms with Gasteiger partial charge in [0.1, 0.15) is 18.0 Å². The number of benzene rings is 2. The number of ketones is 2. The van der Waals surface area contributed by atoms with Crippen molar-refractivity contribution in [2.75, 3.05) is 45.7 Å². The highest BCUT2D eigenvalue weighted by atomic mass is 16.7. The van der Waals surface area contributed by atoms with Crippen molar-refractivity contribution in [3.63, 3.8) is 0 Å². The van der Waals surface area contributed by atoms with E-state index >= 15 is 0 Å². The predicted octanol–water partition coefficient (Wildman–Crippen LogP) is 3.86. The summed E-state index contributed by atoms with van der Waals surface area (Å²) in [5.41, 5.74) is 8.86. The Balaban J connectivity index is 1.70. The molecule has 0 amide bonds. The summed E-state index contributed by atoms with van der Waals surface area (Å²) >= 11 is 0. The van der Waals surface area contributed by atoms with Crippen LogP contribution in [0.3, 0.4) is 0 Å². The number of carbonyl (C=O) groups excluding carboxylic acids is 2. The minimum absolute atomic E-state index is 0.147. The number of methoxy groups -OCH3 is 3. The molecule has 1 aromatic heterocycles. The van der Waals surface area contributed by atoms with E-state index in [4.69, 9.17) is 29.4 Å². The molecule has 2 aromatic carbocycles. The zero-order valence-electron chi connectivity index (χ0n) is 22.2. The van der Waals surface area contributed by atoms with Gasteiger partial charge in [-0.1, -0.05) is 18.7 Å². The number of hydrogen-bond acceptors (Lipinski definition) is 11. The Hall–Kier alpha value is -5.32. The van der Waals surface area contributed by atoms with Crippen molar-refractivity contribution in [3.8, 4) is 39.9 Å². The summed E-state index contributed by atoms with van der Waals surface area (Å²) in [5.74, 6) is 1.77. The average molecular weight is 545 g/mol. The normalized spacial score (nSPS) is 12.2. The molecule has 3 N–H and O–H groups in total. The van der Waals surface area contributed by atoms with E-state index in [-0.39, 0.29) is 19.2 Å². The number of fused-ring (bicyclic) bond motifs is 1. The van der Waals surface area contributed by atoms with Gasteiger partial charge in [0.25, 0.3) is 0 Å². The van der Waals surface area contributed by atoms with E-state index in [0.717, 1.165) is 11.6 Å². The van der Waals surface area contributed by atoms with Crippen molar-refractivity contribution in [3.05, 3.63) is 72.6 Å². The summed E-state index contributed by atoms with van der Waals surface area (Å²) in [7, 11) is 4.55. The molecule has 0 atom stereocenters. The minimum Gasteiger partial charge on any atom is -0.493 e. The van der Waals surface area contributed by atoms with Crippen LogP contribution in [0, 0.1) is 0 Å². The highest BCUT2D eigenvalue weighted by Crippen LogP contribution is 2.43. The molecule has 4 rings (SSSR count). The number of hydrogen-bond donors (Lipinski definition) is 2. The maximum absolute atomic E-state index is 12.2. The highest BCUT2D eigenvalue weighted by Gasteiger charge is 2.19. The molecule has 3 aromatic rings. The molecule has 11 heteroatoms. The second-order valence-corrected chi connectivity index (χ2v) is 8.35. The Labute approximate surface area is 230 Å². The lowest BCUT2D eigenvalue weighted by Gasteiger charge is -2.17. The van der Waals surface area contributed by atoms with E-state index in [2.05, 4.69) is 21.9 Å². The van der Waals surface area contributed by atoms with Gasteiger partial charge in [-0.3, -0.25) is 9.59 Å². The third-order valence-corrected chi connectivity index (χ3v) is 5.92. The number of rotatable bonds is 12. The number of allylic oxidation sites excluding steroid dienone is 2. The average Bonchev–Trinajstić information content (AvgIpc) is 3.45. The Bertz CT molecular complexity index is 1490. The van der Waals surface area contributed by atoms with Crippen LogP contribution in [0.5, 0.6) is 28.7 Å². The number of nitrogen functional groups attached to an aromatic ring is 1. The first-order valence-corrected chi connectivity index (χ1v) is 12.0. The smallest absolute Gasteiger partial charge is 0.231 e. The highest BCUT2D eigenvalue weighted by molar-refractivity contribution is 6.45. The van der Waals surface area contributed by atoms with Crippen molar-refractivity contribution in [1.29, 1.82) is 0 Å². The Kier molecular flexibility index (Phi) is 8.65. The molecule has 0 bridgehead atoms. The first-order chi connectivity index (χ1) is 19.4. The number of ether oxygens (including phenoxy) is 5. The molecule has 1 aliphatic heterocycles. The molecule has 0 saturated heterocycles. The molecule has 0 unspecified atom stereocenters. The van der Waals surface area contributed by atoms with E-state index in [1.54, 1.807) is 24.3 Å². The summed E-state index contributed by atoms with van der Waals surface area (Å²) < 4.78 is 27.3. The van der Waals surface area contributed by atoms with Crippen LogP contribution in [0.2, 0.25) is 0 Å². The van der Waals surface area contributed by atoms with E-state index in [0.29, 0.717) is 51.3 Å². The fourth-order valence-corrected chi connectivity index (χ4v) is 3.97. The standard InChI is InChI=1S/C29H28N4O7/c1-5-20(34)21(35)8-6-18(10-17-7-9-22-23(11-17)40-16-39-22)14-31-29-26(28(30)32-15-33-29)19-12-24(36-2)27(38-4)25(13-19)37-3/h5-13,15H,1,14,16H2,2-4H3,(H3,30,31,32,33). The zero-order chi connectivity index (χ0) is 28.6. The lowest BCUT2D eigenvalue weighted by atomic mass is 10.0. The molecular weight excluding hydrogens is 516 g/mol. The van der Waals surface area contributed by atoms with Crippen LogP contribution < -0.4 is 34.7 Å². The summed E-state index contributed by atoms with van der Waals surface area (Å²) in [6, 6.07) is 8.94. The second kappa shape index (κ2) is 12.5. The van der Waals surface area contributed by atoms with Crippen molar-refractivity contribution in [1.82, 2.24) is 9.97 Å².